The zero-order chi connectivity index (χ0) is 24.3. The average Bonchev–Trinajstić information content (AvgIpc) is 3.31. The van der Waals surface area contributed by atoms with E-state index in [1.807, 2.05) is 30.3 Å². The van der Waals surface area contributed by atoms with Crippen LogP contribution in [0.2, 0.25) is 0 Å². The summed E-state index contributed by atoms with van der Waals surface area (Å²) in [5, 5.41) is 0. The fraction of sp³-hybridized carbons (Fsp3) is 0.400. The van der Waals surface area contributed by atoms with Crippen LogP contribution < -0.4 is 0 Å². The van der Waals surface area contributed by atoms with Crippen LogP contribution in [0.5, 0.6) is 0 Å². The molecule has 3 aromatic rings. The first-order valence-corrected chi connectivity index (χ1v) is 11.1. The van der Waals surface area contributed by atoms with Gasteiger partial charge in [-0.1, -0.05) is 48.5 Å². The van der Waals surface area contributed by atoms with Gasteiger partial charge in [-0.3, -0.25) is 4.90 Å². The lowest BCUT2D eigenvalue weighted by Gasteiger charge is -2.37. The molecule has 2 aromatic carbocycles. The summed E-state index contributed by atoms with van der Waals surface area (Å²) in [6.07, 6.45) is -7.01. The molecule has 9 heteroatoms. The third-order valence-corrected chi connectivity index (χ3v) is 6.31. The number of rotatable bonds is 7. The number of hydrogen-bond acceptors (Lipinski definition) is 2. The van der Waals surface area contributed by atoms with Gasteiger partial charge in [-0.2, -0.15) is 13.2 Å². The highest BCUT2D eigenvalue weighted by Crippen LogP contribution is 2.35. The van der Waals surface area contributed by atoms with Crippen molar-refractivity contribution in [1.82, 2.24) is 14.9 Å². The van der Waals surface area contributed by atoms with Crippen molar-refractivity contribution in [2.24, 2.45) is 5.92 Å². The van der Waals surface area contributed by atoms with Crippen LogP contribution >= 0.6 is 0 Å². The fourth-order valence-electron chi connectivity index (χ4n) is 4.50. The summed E-state index contributed by atoms with van der Waals surface area (Å²) in [6, 6.07) is 14.2. The van der Waals surface area contributed by atoms with Crippen molar-refractivity contribution in [1.29, 1.82) is 0 Å². The lowest BCUT2D eigenvalue weighted by atomic mass is 9.88. The normalized spacial score (nSPS) is 19.3. The van der Waals surface area contributed by atoms with Crippen molar-refractivity contribution in [2.75, 3.05) is 13.1 Å². The minimum Gasteiger partial charge on any atom is -0.342 e. The molecular weight excluding hydrogens is 456 g/mol. The predicted molar refractivity (Wildman–Crippen MR) is 117 cm³/mol. The number of alkyl halides is 6. The number of aromatic amines is 1. The first kappa shape index (κ1) is 24.3. The van der Waals surface area contributed by atoms with E-state index < -0.39 is 30.4 Å². The molecule has 182 valence electrons. The predicted octanol–water partition coefficient (Wildman–Crippen LogP) is 6.69. The molecule has 0 radical (unpaired) electrons. The van der Waals surface area contributed by atoms with Crippen LogP contribution in [0.25, 0.3) is 11.3 Å². The molecule has 3 unspecified atom stereocenters. The molecule has 0 spiro atoms. The number of aromatic nitrogens is 2. The Balaban J connectivity index is 1.47. The number of nitrogens with zero attached hydrogens (tertiary/aromatic N) is 2. The molecule has 3 nitrogen and oxygen atoms in total. The number of H-pyrrole nitrogens is 1. The molecule has 3 atom stereocenters. The molecule has 34 heavy (non-hydrogen) atoms. The van der Waals surface area contributed by atoms with E-state index in [0.29, 0.717) is 24.1 Å². The molecule has 0 saturated carbocycles. The Morgan fingerprint density at radius 3 is 2.50 bits per heavy atom. The molecule has 1 saturated heterocycles. The van der Waals surface area contributed by atoms with E-state index in [4.69, 9.17) is 0 Å². The summed E-state index contributed by atoms with van der Waals surface area (Å²) in [4.78, 5) is 8.47. The summed E-state index contributed by atoms with van der Waals surface area (Å²) in [5.74, 6) is -1.71. The van der Waals surface area contributed by atoms with Gasteiger partial charge in [0, 0.05) is 19.5 Å². The third-order valence-electron chi connectivity index (χ3n) is 6.31. The molecule has 2 heterocycles. The van der Waals surface area contributed by atoms with E-state index in [0.717, 1.165) is 17.7 Å². The fourth-order valence-corrected chi connectivity index (χ4v) is 4.50. The molecule has 4 rings (SSSR count). The number of piperidine rings is 1. The van der Waals surface area contributed by atoms with Crippen molar-refractivity contribution in [3.05, 3.63) is 77.7 Å². The molecule has 1 aromatic heterocycles. The number of nitrogens with one attached hydrogen (secondary N) is 1. The van der Waals surface area contributed by atoms with Gasteiger partial charge < -0.3 is 4.98 Å². The van der Waals surface area contributed by atoms with Gasteiger partial charge in [-0.05, 0) is 36.0 Å². The Labute approximate surface area is 193 Å². The first-order chi connectivity index (χ1) is 16.2. The number of benzene rings is 2. The monoisotopic (exact) mass is 481 g/mol. The number of halogens is 6. The molecule has 0 aliphatic carbocycles. The van der Waals surface area contributed by atoms with Gasteiger partial charge in [0.15, 0.2) is 6.30 Å². The van der Waals surface area contributed by atoms with Crippen molar-refractivity contribution >= 4 is 0 Å². The lowest BCUT2D eigenvalue weighted by Crippen LogP contribution is -2.46. The minimum atomic E-state index is -4.48. The van der Waals surface area contributed by atoms with Crippen molar-refractivity contribution in [3.8, 4) is 11.3 Å². The smallest absolute Gasteiger partial charge is 0.342 e. The Morgan fingerprint density at radius 2 is 1.79 bits per heavy atom. The number of likely N-dealkylation sites (tertiary alicyclic amines) is 1. The van der Waals surface area contributed by atoms with Crippen LogP contribution in [-0.4, -0.2) is 40.7 Å². The van der Waals surface area contributed by atoms with Gasteiger partial charge in [0.05, 0.1) is 23.4 Å². The van der Waals surface area contributed by atoms with Crippen LogP contribution in [0.4, 0.5) is 26.3 Å². The van der Waals surface area contributed by atoms with E-state index in [1.165, 1.54) is 17.2 Å². The standard InChI is InChI=1S/C25H25F6N3/c26-23(27)20(13-22-32-14-21(33-22)16-6-2-1-3-7-16)24(28)34-11-5-9-18(15-34)17-8-4-10-19(12-17)25(29,30)31/h1-4,6-8,10,12,14,18,20,23-24H,5,9,11,13,15H2,(H,32,33). The Kier molecular flexibility index (Phi) is 7.30. The van der Waals surface area contributed by atoms with Crippen LogP contribution in [0.3, 0.4) is 0 Å². The van der Waals surface area contributed by atoms with Gasteiger partial charge in [0.25, 0.3) is 0 Å². The van der Waals surface area contributed by atoms with E-state index >= 15 is 4.39 Å². The first-order valence-electron chi connectivity index (χ1n) is 11.1. The topological polar surface area (TPSA) is 31.9 Å². The van der Waals surface area contributed by atoms with Crippen molar-refractivity contribution < 1.29 is 26.3 Å². The molecule has 1 aliphatic rings. The molecule has 0 amide bonds. The molecular formula is C25H25F6N3. The minimum absolute atomic E-state index is 0.0825. The Bertz CT molecular complexity index is 1070. The van der Waals surface area contributed by atoms with E-state index in [9.17, 15) is 22.0 Å². The van der Waals surface area contributed by atoms with Crippen LogP contribution in [0, 0.1) is 5.92 Å². The maximum Gasteiger partial charge on any atom is 0.416 e. The van der Waals surface area contributed by atoms with Crippen LogP contribution in [-0.2, 0) is 12.6 Å². The van der Waals surface area contributed by atoms with Crippen LogP contribution in [0.1, 0.15) is 35.7 Å². The lowest BCUT2D eigenvalue weighted by molar-refractivity contribution is -0.137. The Morgan fingerprint density at radius 1 is 1.03 bits per heavy atom. The second-order valence-electron chi connectivity index (χ2n) is 8.64. The van der Waals surface area contributed by atoms with Gasteiger partial charge in [-0.15, -0.1) is 0 Å². The third kappa shape index (κ3) is 5.63. The van der Waals surface area contributed by atoms with Gasteiger partial charge >= 0.3 is 6.18 Å². The average molecular weight is 481 g/mol. The highest BCUT2D eigenvalue weighted by atomic mass is 19.4. The summed E-state index contributed by atoms with van der Waals surface area (Å²) < 4.78 is 82.5. The zero-order valence-electron chi connectivity index (χ0n) is 18.3. The largest absolute Gasteiger partial charge is 0.416 e. The van der Waals surface area contributed by atoms with Gasteiger partial charge in [-0.25, -0.2) is 18.2 Å². The van der Waals surface area contributed by atoms with Gasteiger partial charge in [0.1, 0.15) is 5.82 Å². The summed E-state index contributed by atoms with van der Waals surface area (Å²) in [6.45, 7) is 0.354. The van der Waals surface area contributed by atoms with E-state index in [1.54, 1.807) is 6.07 Å². The van der Waals surface area contributed by atoms with Gasteiger partial charge in [0.2, 0.25) is 6.43 Å². The summed E-state index contributed by atoms with van der Waals surface area (Å²) in [5.41, 5.74) is 1.17. The quantitative estimate of drug-likeness (QED) is 0.301. The summed E-state index contributed by atoms with van der Waals surface area (Å²) >= 11 is 0. The zero-order valence-corrected chi connectivity index (χ0v) is 18.3. The highest BCUT2D eigenvalue weighted by molar-refractivity contribution is 5.58. The molecule has 1 aliphatic heterocycles. The van der Waals surface area contributed by atoms with Crippen molar-refractivity contribution in [2.45, 2.75) is 44.1 Å². The SMILES string of the molecule is FC(F)C(Cc1ncc(-c2ccccc2)[nH]1)C(F)N1CCCC(c2cccc(C(F)(F)F)c2)C1. The number of imidazole rings is 1. The summed E-state index contributed by atoms with van der Waals surface area (Å²) in [7, 11) is 0. The maximum absolute atomic E-state index is 15.4. The number of hydrogen-bond donors (Lipinski definition) is 1. The van der Waals surface area contributed by atoms with E-state index in [2.05, 4.69) is 9.97 Å². The second kappa shape index (κ2) is 10.2. The molecule has 0 bridgehead atoms. The molecule has 1 N–H and O–H groups in total. The Hall–Kier alpha value is -2.81. The van der Waals surface area contributed by atoms with Crippen LogP contribution in [0.15, 0.2) is 60.8 Å². The van der Waals surface area contributed by atoms with Crippen molar-refractivity contribution in [3.63, 3.8) is 0 Å². The maximum atomic E-state index is 15.4. The molecule has 1 fully saturated rings. The highest BCUT2D eigenvalue weighted by Gasteiger charge is 2.38. The second-order valence-corrected chi connectivity index (χ2v) is 8.64. The van der Waals surface area contributed by atoms with E-state index in [-0.39, 0.29) is 31.3 Å².